The first-order chi connectivity index (χ1) is 35.2. The topological polar surface area (TPSA) is 0 Å². The maximum Gasteiger partial charge on any atom is 0.194 e. The molecule has 0 heterocycles. The van der Waals surface area contributed by atoms with Gasteiger partial charge in [0.05, 0.1) is 0 Å². The van der Waals surface area contributed by atoms with E-state index in [2.05, 4.69) is 32.9 Å². The van der Waals surface area contributed by atoms with Gasteiger partial charge in [-0.05, 0) is 199 Å². The van der Waals surface area contributed by atoms with Gasteiger partial charge < -0.3 is 0 Å². The first-order valence-corrected chi connectivity index (χ1v) is 27.0. The van der Waals surface area contributed by atoms with Crippen LogP contribution in [0.2, 0.25) is 0 Å². The lowest BCUT2D eigenvalue weighted by Crippen LogP contribution is -2.13. The molecule has 0 aromatic heterocycles. The molecule has 3 aliphatic rings. The first-order valence-electron chi connectivity index (χ1n) is 27.0. The summed E-state index contributed by atoms with van der Waals surface area (Å²) in [6, 6.07) is 29.8. The van der Waals surface area contributed by atoms with E-state index >= 15 is 0 Å². The highest BCUT2D eigenvalue weighted by Crippen LogP contribution is 2.41. The summed E-state index contributed by atoms with van der Waals surface area (Å²) in [4.78, 5) is 0. The maximum absolute atomic E-state index is 13.4. The van der Waals surface area contributed by atoms with E-state index in [9.17, 15) is 39.5 Å². The smallest absolute Gasteiger partial charge is 0.194 e. The fourth-order valence-corrected chi connectivity index (χ4v) is 11.6. The van der Waals surface area contributed by atoms with Crippen LogP contribution in [0.4, 0.5) is 39.5 Å². The number of hydrogen-bond donors (Lipinski definition) is 0. The van der Waals surface area contributed by atoms with Crippen molar-refractivity contribution < 1.29 is 39.5 Å². The number of benzene rings is 6. The molecule has 6 aromatic carbocycles. The Labute approximate surface area is 427 Å². The molecule has 0 atom stereocenters. The second kappa shape index (κ2) is 26.8. The Morgan fingerprint density at radius 1 is 0.301 bits per heavy atom. The highest BCUT2D eigenvalue weighted by Gasteiger charge is 2.25. The van der Waals surface area contributed by atoms with E-state index in [-0.39, 0.29) is 0 Å². The third kappa shape index (κ3) is 14.9. The number of unbranched alkanes of at least 4 members (excludes halogenated alkanes) is 2. The van der Waals surface area contributed by atoms with Gasteiger partial charge in [-0.2, -0.15) is 0 Å². The molecule has 0 saturated heterocycles. The fourth-order valence-electron chi connectivity index (χ4n) is 11.6. The second-order valence-electron chi connectivity index (χ2n) is 21.0. The maximum atomic E-state index is 13.4. The Balaban J connectivity index is 0.000000161. The van der Waals surface area contributed by atoms with Crippen LogP contribution in [0.25, 0.3) is 33.4 Å². The quantitative estimate of drug-likeness (QED) is 0.0614. The van der Waals surface area contributed by atoms with Crippen molar-refractivity contribution in [2.24, 2.45) is 17.8 Å². The molecule has 0 N–H and O–H groups in total. The van der Waals surface area contributed by atoms with E-state index in [0.29, 0.717) is 51.1 Å². The van der Waals surface area contributed by atoms with Crippen molar-refractivity contribution in [1.82, 2.24) is 0 Å². The molecule has 73 heavy (non-hydrogen) atoms. The lowest BCUT2D eigenvalue weighted by Gasteiger charge is -2.29. The van der Waals surface area contributed by atoms with Crippen molar-refractivity contribution in [3.63, 3.8) is 0 Å². The molecule has 6 aromatic rings. The highest BCUT2D eigenvalue weighted by molar-refractivity contribution is 5.66. The lowest BCUT2D eigenvalue weighted by atomic mass is 9.77. The van der Waals surface area contributed by atoms with Gasteiger partial charge >= 0.3 is 0 Å². The van der Waals surface area contributed by atoms with Crippen LogP contribution in [0.3, 0.4) is 0 Å². The van der Waals surface area contributed by atoms with Crippen molar-refractivity contribution in [3.8, 4) is 33.4 Å². The summed E-state index contributed by atoms with van der Waals surface area (Å²) >= 11 is 0. The number of rotatable bonds is 13. The minimum absolute atomic E-state index is 0.364. The van der Waals surface area contributed by atoms with Gasteiger partial charge in [-0.15, -0.1) is 0 Å². The van der Waals surface area contributed by atoms with Gasteiger partial charge in [-0.3, -0.25) is 0 Å². The fraction of sp³-hybridized carbons (Fsp3) is 0.438. The van der Waals surface area contributed by atoms with Crippen molar-refractivity contribution in [3.05, 3.63) is 178 Å². The van der Waals surface area contributed by atoms with Crippen molar-refractivity contribution in [1.29, 1.82) is 0 Å². The van der Waals surface area contributed by atoms with E-state index in [4.69, 9.17) is 0 Å². The Morgan fingerprint density at radius 3 is 0.836 bits per heavy atom. The predicted molar refractivity (Wildman–Crippen MR) is 279 cm³/mol. The average molecular weight is 1010 g/mol. The van der Waals surface area contributed by atoms with Crippen molar-refractivity contribution in [2.75, 3.05) is 0 Å². The zero-order chi connectivity index (χ0) is 52.0. The summed E-state index contributed by atoms with van der Waals surface area (Å²) in [5.41, 5.74) is 7.08. The van der Waals surface area contributed by atoms with Crippen LogP contribution in [-0.2, 0) is 0 Å². The Bertz CT molecular complexity index is 2580. The third-order valence-electron chi connectivity index (χ3n) is 16.1. The van der Waals surface area contributed by atoms with Crippen LogP contribution >= 0.6 is 0 Å². The second-order valence-corrected chi connectivity index (χ2v) is 21.0. The monoisotopic (exact) mass is 1010 g/mol. The zero-order valence-corrected chi connectivity index (χ0v) is 42.7. The third-order valence-corrected chi connectivity index (χ3v) is 16.1. The van der Waals surface area contributed by atoms with Gasteiger partial charge in [0.15, 0.2) is 52.4 Å². The van der Waals surface area contributed by atoms with Gasteiger partial charge in [0.1, 0.15) is 0 Å². The molecule has 0 amide bonds. The molecule has 9 heteroatoms. The summed E-state index contributed by atoms with van der Waals surface area (Å²) in [5, 5.41) is 0. The van der Waals surface area contributed by atoms with Gasteiger partial charge in [-0.25, -0.2) is 39.5 Å². The van der Waals surface area contributed by atoms with E-state index in [0.717, 1.165) is 54.2 Å². The summed E-state index contributed by atoms with van der Waals surface area (Å²) in [7, 11) is 0. The summed E-state index contributed by atoms with van der Waals surface area (Å²) in [6.07, 6.45) is 24.2. The average Bonchev–Trinajstić information content (AvgIpc) is 3.42. The van der Waals surface area contributed by atoms with E-state index in [1.54, 1.807) is 0 Å². The molecular formula is C64H71F9. The minimum atomic E-state index is -1.42. The molecule has 390 valence electrons. The normalized spacial score (nSPS) is 20.9. The molecule has 0 nitrogen and oxygen atoms in total. The van der Waals surface area contributed by atoms with Crippen LogP contribution in [0.1, 0.15) is 177 Å². The van der Waals surface area contributed by atoms with Gasteiger partial charge in [-0.1, -0.05) is 139 Å². The van der Waals surface area contributed by atoms with E-state index < -0.39 is 52.4 Å². The molecule has 0 spiro atoms. The predicted octanol–water partition coefficient (Wildman–Crippen LogP) is 20.9. The van der Waals surface area contributed by atoms with Crippen LogP contribution < -0.4 is 0 Å². The Kier molecular flexibility index (Phi) is 20.3. The number of halogens is 9. The lowest BCUT2D eigenvalue weighted by molar-refractivity contribution is 0.303. The molecule has 0 aliphatic heterocycles. The number of hydrogen-bond acceptors (Lipinski definition) is 0. The molecule has 3 fully saturated rings. The highest BCUT2D eigenvalue weighted by atomic mass is 19.2. The summed E-state index contributed by atoms with van der Waals surface area (Å²) in [6.45, 7) is 6.74. The molecule has 0 bridgehead atoms. The SMILES string of the molecule is CCC1CCC(c2ccc(-c3cc(F)c(F)c(F)c3)cc2)CC1.CCCC1CCC(c2ccc(-c3cc(F)c(F)c(F)c3)cc2)CC1.CCCCCC1CCC(c2ccc(-c3cc(F)c(F)c(F)c3)cc2)CC1. The zero-order valence-electron chi connectivity index (χ0n) is 42.7. The molecular weight excluding hydrogens is 940 g/mol. The minimum Gasteiger partial charge on any atom is -0.204 e. The molecule has 0 unspecified atom stereocenters. The standard InChI is InChI=1S/C23H27F3.C21H23F3.C20H21F3/c1-2-3-4-5-16-6-8-17(9-7-16)18-10-12-19(13-11-18)20-14-21(24)23(26)22(25)15-20;1-2-3-14-4-6-15(7-5-14)16-8-10-17(11-9-16)18-12-19(22)21(24)20(23)13-18;1-2-13-3-5-14(6-4-13)15-7-9-16(10-8-15)17-11-18(21)20(23)19(22)12-17/h10-17H,2-9H2,1H3;8-15H,2-7H2,1H3;7-14H,2-6H2,1H3. The molecule has 3 aliphatic carbocycles. The van der Waals surface area contributed by atoms with Crippen molar-refractivity contribution >= 4 is 0 Å². The Morgan fingerprint density at radius 2 is 0.575 bits per heavy atom. The van der Waals surface area contributed by atoms with Gasteiger partial charge in [0, 0.05) is 0 Å². The van der Waals surface area contributed by atoms with Crippen LogP contribution in [0.5, 0.6) is 0 Å². The van der Waals surface area contributed by atoms with Crippen molar-refractivity contribution in [2.45, 2.75) is 161 Å². The molecule has 9 rings (SSSR count). The van der Waals surface area contributed by atoms with E-state index in [1.165, 1.54) is 139 Å². The Hall–Kier alpha value is -5.31. The molecule has 0 radical (unpaired) electrons. The molecule has 3 saturated carbocycles. The largest absolute Gasteiger partial charge is 0.204 e. The van der Waals surface area contributed by atoms with Gasteiger partial charge in [0.25, 0.3) is 0 Å². The summed E-state index contributed by atoms with van der Waals surface area (Å²) in [5.74, 6) is -6.81. The van der Waals surface area contributed by atoms with Crippen LogP contribution in [0, 0.1) is 70.1 Å². The van der Waals surface area contributed by atoms with Gasteiger partial charge in [0.2, 0.25) is 0 Å². The first kappa shape index (κ1) is 55.4. The van der Waals surface area contributed by atoms with E-state index in [1.807, 2.05) is 60.7 Å². The van der Waals surface area contributed by atoms with Crippen LogP contribution in [0.15, 0.2) is 109 Å². The summed E-state index contributed by atoms with van der Waals surface area (Å²) < 4.78 is 120. The van der Waals surface area contributed by atoms with Crippen LogP contribution in [-0.4, -0.2) is 0 Å².